The van der Waals surface area contributed by atoms with Crippen LogP contribution in [0.4, 0.5) is 11.5 Å². The summed E-state index contributed by atoms with van der Waals surface area (Å²) in [4.78, 5) is 14.6. The standard InChI is InChI=1S/C18H18ClN5O/c1-2-24(12-13-6-4-3-5-7-13)18(25)16-17(22-23-21-16)20-15-10-8-14(19)9-11-15/h3-11H,2,12H2,1H3,(H2,20,21,22,23). The van der Waals surface area contributed by atoms with Crippen LogP contribution in [-0.2, 0) is 6.54 Å². The summed E-state index contributed by atoms with van der Waals surface area (Å²) in [6, 6.07) is 17.0. The molecule has 0 saturated carbocycles. The average molecular weight is 356 g/mol. The fourth-order valence-corrected chi connectivity index (χ4v) is 2.54. The van der Waals surface area contributed by atoms with Crippen LogP contribution >= 0.6 is 11.6 Å². The maximum absolute atomic E-state index is 12.8. The molecule has 0 radical (unpaired) electrons. The van der Waals surface area contributed by atoms with Gasteiger partial charge in [-0.1, -0.05) is 41.9 Å². The highest BCUT2D eigenvalue weighted by atomic mass is 35.5. The predicted molar refractivity (Wildman–Crippen MR) is 98.0 cm³/mol. The molecule has 0 bridgehead atoms. The second-order valence-corrected chi connectivity index (χ2v) is 5.89. The highest BCUT2D eigenvalue weighted by molar-refractivity contribution is 6.30. The molecule has 25 heavy (non-hydrogen) atoms. The van der Waals surface area contributed by atoms with Crippen LogP contribution in [0.1, 0.15) is 23.0 Å². The number of hydrogen-bond donors (Lipinski definition) is 2. The normalized spacial score (nSPS) is 10.5. The minimum atomic E-state index is -0.184. The average Bonchev–Trinajstić information content (AvgIpc) is 3.10. The molecule has 0 aliphatic rings. The van der Waals surface area contributed by atoms with Gasteiger partial charge < -0.3 is 10.2 Å². The van der Waals surface area contributed by atoms with Crippen molar-refractivity contribution in [2.75, 3.05) is 11.9 Å². The molecule has 3 rings (SSSR count). The van der Waals surface area contributed by atoms with Gasteiger partial charge in [0.25, 0.3) is 5.91 Å². The van der Waals surface area contributed by atoms with Crippen LogP contribution in [-0.4, -0.2) is 32.8 Å². The Morgan fingerprint density at radius 1 is 1.12 bits per heavy atom. The monoisotopic (exact) mass is 355 g/mol. The van der Waals surface area contributed by atoms with Crippen LogP contribution in [0.25, 0.3) is 0 Å². The topological polar surface area (TPSA) is 73.9 Å². The number of amides is 1. The SMILES string of the molecule is CCN(Cc1ccccc1)C(=O)c1n[nH]nc1Nc1ccc(Cl)cc1. The molecule has 6 nitrogen and oxygen atoms in total. The Morgan fingerprint density at radius 2 is 1.84 bits per heavy atom. The van der Waals surface area contributed by atoms with Gasteiger partial charge in [0.15, 0.2) is 11.5 Å². The first kappa shape index (κ1) is 17.0. The lowest BCUT2D eigenvalue weighted by Crippen LogP contribution is -2.31. The van der Waals surface area contributed by atoms with E-state index in [2.05, 4.69) is 20.7 Å². The van der Waals surface area contributed by atoms with E-state index in [0.717, 1.165) is 11.3 Å². The molecule has 7 heteroatoms. The molecule has 1 amide bonds. The van der Waals surface area contributed by atoms with E-state index in [1.807, 2.05) is 49.4 Å². The van der Waals surface area contributed by atoms with Crippen molar-refractivity contribution in [2.24, 2.45) is 0 Å². The number of aromatic nitrogens is 3. The maximum atomic E-state index is 12.8. The fraction of sp³-hybridized carbons (Fsp3) is 0.167. The number of H-pyrrole nitrogens is 1. The van der Waals surface area contributed by atoms with Crippen LogP contribution in [0.2, 0.25) is 5.02 Å². The molecule has 1 aromatic heterocycles. The summed E-state index contributed by atoms with van der Waals surface area (Å²) in [6.45, 7) is 3.03. The Hall–Kier alpha value is -2.86. The molecule has 0 atom stereocenters. The van der Waals surface area contributed by atoms with Gasteiger partial charge in [-0.05, 0) is 36.8 Å². The van der Waals surface area contributed by atoms with Gasteiger partial charge >= 0.3 is 0 Å². The molecule has 3 aromatic rings. The van der Waals surface area contributed by atoms with E-state index in [1.54, 1.807) is 17.0 Å². The minimum Gasteiger partial charge on any atom is -0.337 e. The number of nitrogens with zero attached hydrogens (tertiary/aromatic N) is 3. The fourth-order valence-electron chi connectivity index (χ4n) is 2.42. The number of carbonyl (C=O) groups excluding carboxylic acids is 1. The predicted octanol–water partition coefficient (Wildman–Crippen LogP) is 3.86. The Kier molecular flexibility index (Phi) is 5.30. The van der Waals surface area contributed by atoms with E-state index in [0.29, 0.717) is 23.9 Å². The van der Waals surface area contributed by atoms with Gasteiger partial charge in [0.2, 0.25) is 0 Å². The minimum absolute atomic E-state index is 0.184. The van der Waals surface area contributed by atoms with Crippen molar-refractivity contribution in [2.45, 2.75) is 13.5 Å². The second-order valence-electron chi connectivity index (χ2n) is 5.46. The molecular weight excluding hydrogens is 338 g/mol. The molecule has 0 saturated heterocycles. The second kappa shape index (κ2) is 7.81. The molecule has 0 fully saturated rings. The summed E-state index contributed by atoms with van der Waals surface area (Å²) < 4.78 is 0. The first-order valence-electron chi connectivity index (χ1n) is 7.94. The zero-order valence-corrected chi connectivity index (χ0v) is 14.5. The Labute approximate surface area is 150 Å². The number of carbonyl (C=O) groups is 1. The summed E-state index contributed by atoms with van der Waals surface area (Å²) in [5, 5.41) is 14.3. The number of nitrogens with one attached hydrogen (secondary N) is 2. The molecule has 0 spiro atoms. The Morgan fingerprint density at radius 3 is 2.52 bits per heavy atom. The van der Waals surface area contributed by atoms with Gasteiger partial charge in [-0.25, -0.2) is 0 Å². The molecular formula is C18H18ClN5O. The van der Waals surface area contributed by atoms with Gasteiger partial charge in [-0.2, -0.15) is 5.21 Å². The molecule has 2 N–H and O–H groups in total. The lowest BCUT2D eigenvalue weighted by Gasteiger charge is -2.20. The van der Waals surface area contributed by atoms with E-state index in [1.165, 1.54) is 0 Å². The summed E-state index contributed by atoms with van der Waals surface area (Å²) in [6.07, 6.45) is 0. The van der Waals surface area contributed by atoms with Crippen LogP contribution in [0.5, 0.6) is 0 Å². The third kappa shape index (κ3) is 4.16. The zero-order valence-electron chi connectivity index (χ0n) is 13.7. The van der Waals surface area contributed by atoms with Gasteiger partial charge in [-0.3, -0.25) is 4.79 Å². The van der Waals surface area contributed by atoms with Gasteiger partial charge in [0.1, 0.15) is 0 Å². The van der Waals surface area contributed by atoms with Crippen LogP contribution < -0.4 is 5.32 Å². The highest BCUT2D eigenvalue weighted by Gasteiger charge is 2.22. The molecule has 128 valence electrons. The molecule has 0 aliphatic heterocycles. The van der Waals surface area contributed by atoms with E-state index in [9.17, 15) is 4.79 Å². The van der Waals surface area contributed by atoms with Crippen LogP contribution in [0.15, 0.2) is 54.6 Å². The number of hydrogen-bond acceptors (Lipinski definition) is 4. The summed E-state index contributed by atoms with van der Waals surface area (Å²) in [5.74, 6) is 0.204. The maximum Gasteiger partial charge on any atom is 0.278 e. The van der Waals surface area contributed by atoms with E-state index >= 15 is 0 Å². The number of halogens is 1. The van der Waals surface area contributed by atoms with Gasteiger partial charge in [0.05, 0.1) is 0 Å². The van der Waals surface area contributed by atoms with Crippen LogP contribution in [0.3, 0.4) is 0 Å². The van der Waals surface area contributed by atoms with Crippen molar-refractivity contribution in [1.29, 1.82) is 0 Å². The lowest BCUT2D eigenvalue weighted by molar-refractivity contribution is 0.0747. The van der Waals surface area contributed by atoms with Crippen molar-refractivity contribution in [3.63, 3.8) is 0 Å². The summed E-state index contributed by atoms with van der Waals surface area (Å²) >= 11 is 5.89. The smallest absolute Gasteiger partial charge is 0.278 e. The zero-order chi connectivity index (χ0) is 17.6. The van der Waals surface area contributed by atoms with E-state index in [-0.39, 0.29) is 11.6 Å². The molecule has 0 aliphatic carbocycles. The summed E-state index contributed by atoms with van der Waals surface area (Å²) in [7, 11) is 0. The van der Waals surface area contributed by atoms with Crippen molar-refractivity contribution >= 4 is 29.0 Å². The van der Waals surface area contributed by atoms with Crippen molar-refractivity contribution in [1.82, 2.24) is 20.3 Å². The van der Waals surface area contributed by atoms with Crippen LogP contribution in [0, 0.1) is 0 Å². The van der Waals surface area contributed by atoms with E-state index in [4.69, 9.17) is 11.6 Å². The summed E-state index contributed by atoms with van der Waals surface area (Å²) in [5.41, 5.74) is 2.10. The quantitative estimate of drug-likeness (QED) is 0.704. The van der Waals surface area contributed by atoms with E-state index < -0.39 is 0 Å². The first-order valence-corrected chi connectivity index (χ1v) is 8.31. The Balaban J connectivity index is 1.77. The van der Waals surface area contributed by atoms with Gasteiger partial charge in [0, 0.05) is 23.8 Å². The third-order valence-electron chi connectivity index (χ3n) is 3.74. The molecule has 0 unspecified atom stereocenters. The number of aromatic amines is 1. The lowest BCUT2D eigenvalue weighted by atomic mass is 10.2. The first-order chi connectivity index (χ1) is 12.2. The van der Waals surface area contributed by atoms with Crippen molar-refractivity contribution in [3.05, 3.63) is 70.9 Å². The number of rotatable bonds is 6. The number of anilines is 2. The molecule has 1 heterocycles. The molecule has 2 aromatic carbocycles. The highest BCUT2D eigenvalue weighted by Crippen LogP contribution is 2.20. The van der Waals surface area contributed by atoms with Gasteiger partial charge in [-0.15, -0.1) is 10.2 Å². The Bertz CT molecular complexity index is 832. The largest absolute Gasteiger partial charge is 0.337 e. The van der Waals surface area contributed by atoms with Crippen molar-refractivity contribution in [3.8, 4) is 0 Å². The number of benzene rings is 2. The third-order valence-corrected chi connectivity index (χ3v) is 3.99. The van der Waals surface area contributed by atoms with Crippen molar-refractivity contribution < 1.29 is 4.79 Å².